The van der Waals surface area contributed by atoms with Crippen LogP contribution in [-0.2, 0) is 4.79 Å². The number of hydrogen-bond acceptors (Lipinski definition) is 4. The number of para-hydroxylation sites is 4. The zero-order chi connectivity index (χ0) is 25.1. The number of nitrogens with one attached hydrogen (secondary N) is 6. The molecule has 1 aromatic heterocycles. The standard InChI is InChI=1S/C15H13N3O2.C12H12N4/c1-9(19)16-10-6-7-12-11(8-10)15(20)18-14-5-3-2-4-13(14)17-12;13-8-5-6-10-12(7-8)16-15-11-4-2-1-3-9(11)14-10/h2-8,17H,1H3,(H,16,19)(H,18,20);1-7,14-16H,13H2. The lowest BCUT2D eigenvalue weighted by Crippen LogP contribution is -2.12. The molecule has 6 rings (SSSR count). The van der Waals surface area contributed by atoms with Crippen LogP contribution in [0.1, 0.15) is 17.3 Å². The minimum atomic E-state index is -0.204. The van der Waals surface area contributed by atoms with Gasteiger partial charge in [-0.05, 0) is 60.7 Å². The third kappa shape index (κ3) is 4.85. The first kappa shape index (κ1) is 22.6. The number of anilines is 5. The van der Waals surface area contributed by atoms with Gasteiger partial charge in [-0.15, -0.1) is 0 Å². The molecule has 2 amide bonds. The minimum Gasteiger partial charge on any atom is -0.399 e. The molecule has 9 nitrogen and oxygen atoms in total. The number of rotatable bonds is 1. The highest BCUT2D eigenvalue weighted by Crippen LogP contribution is 2.32. The lowest BCUT2D eigenvalue weighted by Gasteiger charge is -2.09. The summed E-state index contributed by atoms with van der Waals surface area (Å²) in [6, 6.07) is 26.4. The Hall–Kier alpha value is -5.18. The normalized spacial score (nSPS) is 11.6. The van der Waals surface area contributed by atoms with Crippen LogP contribution in [0.3, 0.4) is 0 Å². The molecule has 0 spiro atoms. The molecule has 0 atom stereocenters. The van der Waals surface area contributed by atoms with Gasteiger partial charge in [0.15, 0.2) is 0 Å². The number of benzene rings is 4. The Morgan fingerprint density at radius 1 is 0.722 bits per heavy atom. The van der Waals surface area contributed by atoms with Crippen molar-refractivity contribution in [2.75, 3.05) is 21.7 Å². The van der Waals surface area contributed by atoms with E-state index in [1.807, 2.05) is 66.7 Å². The number of carbonyl (C=O) groups excluding carboxylic acids is 2. The topological polar surface area (TPSA) is 144 Å². The van der Waals surface area contributed by atoms with Crippen LogP contribution in [0.2, 0.25) is 0 Å². The average Bonchev–Trinajstić information content (AvgIpc) is 3.13. The van der Waals surface area contributed by atoms with E-state index in [1.165, 1.54) is 6.92 Å². The van der Waals surface area contributed by atoms with Gasteiger partial charge in [0, 0.05) is 18.3 Å². The Morgan fingerprint density at radius 2 is 1.39 bits per heavy atom. The zero-order valence-corrected chi connectivity index (χ0v) is 19.5. The number of aromatic amines is 3. The third-order valence-electron chi connectivity index (χ3n) is 5.60. The van der Waals surface area contributed by atoms with Crippen LogP contribution in [0, 0.1) is 0 Å². The number of H-pyrrole nitrogens is 3. The lowest BCUT2D eigenvalue weighted by molar-refractivity contribution is -0.114. The van der Waals surface area contributed by atoms with Gasteiger partial charge in [-0.2, -0.15) is 0 Å². The quantitative estimate of drug-likeness (QED) is 0.156. The molecule has 4 aromatic carbocycles. The van der Waals surface area contributed by atoms with Crippen LogP contribution in [0.15, 0.2) is 84.9 Å². The maximum atomic E-state index is 12.2. The Balaban J connectivity index is 0.000000152. The molecule has 1 aliphatic rings. The number of carbonyl (C=O) groups is 2. The van der Waals surface area contributed by atoms with E-state index in [1.54, 1.807) is 18.2 Å². The molecular weight excluding hydrogens is 454 g/mol. The zero-order valence-electron chi connectivity index (χ0n) is 19.5. The smallest absolute Gasteiger partial charge is 0.257 e. The van der Waals surface area contributed by atoms with Crippen LogP contribution in [0.25, 0.3) is 22.1 Å². The third-order valence-corrected chi connectivity index (χ3v) is 5.60. The van der Waals surface area contributed by atoms with Gasteiger partial charge < -0.3 is 26.7 Å². The highest BCUT2D eigenvalue weighted by molar-refractivity contribution is 6.12. The first-order valence-corrected chi connectivity index (χ1v) is 11.3. The summed E-state index contributed by atoms with van der Waals surface area (Å²) in [5, 5.41) is 15.0. The number of hydrogen-bond donors (Lipinski definition) is 7. The van der Waals surface area contributed by atoms with Crippen molar-refractivity contribution in [3.63, 3.8) is 0 Å². The van der Waals surface area contributed by atoms with Crippen molar-refractivity contribution in [3.05, 3.63) is 90.5 Å². The molecule has 1 aliphatic heterocycles. The summed E-state index contributed by atoms with van der Waals surface area (Å²) in [6.07, 6.45) is 0. The molecule has 0 fully saturated rings. The summed E-state index contributed by atoms with van der Waals surface area (Å²) in [7, 11) is 0. The number of amides is 2. The van der Waals surface area contributed by atoms with Gasteiger partial charge in [0.1, 0.15) is 0 Å². The SMILES string of the molecule is CC(=O)Nc1ccc2c(c1)C(=O)Nc1ccccc1N2.Nc1ccc2[nH]c3ccccc3[nH][nH]c2c1. The Kier molecular flexibility index (Phi) is 6.02. The molecule has 0 aliphatic carbocycles. The number of aromatic nitrogens is 3. The fourth-order valence-corrected chi connectivity index (χ4v) is 3.91. The summed E-state index contributed by atoms with van der Waals surface area (Å²) in [5.41, 5.74) is 13.8. The van der Waals surface area contributed by atoms with E-state index in [9.17, 15) is 9.59 Å². The Labute approximate surface area is 206 Å². The molecular formula is C27H25N7O2. The maximum Gasteiger partial charge on any atom is 0.257 e. The predicted molar refractivity (Wildman–Crippen MR) is 145 cm³/mol. The van der Waals surface area contributed by atoms with Crippen molar-refractivity contribution in [3.8, 4) is 0 Å². The molecule has 2 heterocycles. The largest absolute Gasteiger partial charge is 0.399 e. The van der Waals surface area contributed by atoms with Gasteiger partial charge in [-0.25, -0.2) is 0 Å². The van der Waals surface area contributed by atoms with Crippen molar-refractivity contribution < 1.29 is 9.59 Å². The van der Waals surface area contributed by atoms with Crippen LogP contribution < -0.4 is 21.7 Å². The van der Waals surface area contributed by atoms with Crippen LogP contribution in [-0.4, -0.2) is 27.0 Å². The van der Waals surface area contributed by atoms with Crippen molar-refractivity contribution in [1.29, 1.82) is 0 Å². The number of nitrogens with two attached hydrogens (primary N) is 1. The molecule has 0 saturated carbocycles. The second-order valence-electron chi connectivity index (χ2n) is 8.29. The van der Waals surface area contributed by atoms with Crippen molar-refractivity contribution in [2.45, 2.75) is 6.92 Å². The van der Waals surface area contributed by atoms with Gasteiger partial charge in [-0.1, -0.05) is 24.3 Å². The fourth-order valence-electron chi connectivity index (χ4n) is 3.91. The van der Waals surface area contributed by atoms with Crippen LogP contribution >= 0.6 is 0 Å². The average molecular weight is 480 g/mol. The van der Waals surface area contributed by atoms with E-state index in [0.717, 1.165) is 39.1 Å². The summed E-state index contributed by atoms with van der Waals surface area (Å²) < 4.78 is 0. The van der Waals surface area contributed by atoms with E-state index in [4.69, 9.17) is 5.73 Å². The molecule has 9 heteroatoms. The highest BCUT2D eigenvalue weighted by atomic mass is 16.2. The molecule has 8 N–H and O–H groups in total. The van der Waals surface area contributed by atoms with Gasteiger partial charge in [-0.3, -0.25) is 19.8 Å². The van der Waals surface area contributed by atoms with E-state index >= 15 is 0 Å². The highest BCUT2D eigenvalue weighted by Gasteiger charge is 2.19. The second kappa shape index (κ2) is 9.59. The lowest BCUT2D eigenvalue weighted by atomic mass is 10.1. The predicted octanol–water partition coefficient (Wildman–Crippen LogP) is 5.64. The molecule has 36 heavy (non-hydrogen) atoms. The number of nitrogen functional groups attached to an aromatic ring is 1. The Morgan fingerprint density at radius 3 is 2.17 bits per heavy atom. The molecule has 180 valence electrons. The fraction of sp³-hybridized carbons (Fsp3) is 0.0370. The minimum absolute atomic E-state index is 0.171. The van der Waals surface area contributed by atoms with Crippen molar-refractivity contribution in [1.82, 2.24) is 15.2 Å². The van der Waals surface area contributed by atoms with Crippen molar-refractivity contribution >= 4 is 62.3 Å². The summed E-state index contributed by atoms with van der Waals surface area (Å²) >= 11 is 0. The van der Waals surface area contributed by atoms with E-state index in [0.29, 0.717) is 16.9 Å². The second-order valence-corrected chi connectivity index (χ2v) is 8.29. The number of fused-ring (bicyclic) bond motifs is 4. The van der Waals surface area contributed by atoms with Crippen molar-refractivity contribution in [2.24, 2.45) is 0 Å². The molecule has 5 aromatic rings. The first-order chi connectivity index (χ1) is 17.5. The van der Waals surface area contributed by atoms with Gasteiger partial charge >= 0.3 is 0 Å². The maximum absolute atomic E-state index is 12.2. The summed E-state index contributed by atoms with van der Waals surface area (Å²) in [5.74, 6) is -0.375. The van der Waals surface area contributed by atoms with Gasteiger partial charge in [0.25, 0.3) is 5.91 Å². The Bertz CT molecular complexity index is 1640. The van der Waals surface area contributed by atoms with E-state index < -0.39 is 0 Å². The van der Waals surface area contributed by atoms with Gasteiger partial charge in [0.05, 0.1) is 44.7 Å². The van der Waals surface area contributed by atoms with Crippen LogP contribution in [0.5, 0.6) is 0 Å². The van der Waals surface area contributed by atoms with Crippen LogP contribution in [0.4, 0.5) is 28.4 Å². The molecule has 0 bridgehead atoms. The monoisotopic (exact) mass is 479 g/mol. The first-order valence-electron chi connectivity index (χ1n) is 11.3. The summed E-state index contributed by atoms with van der Waals surface area (Å²) in [6.45, 7) is 1.43. The molecule has 0 saturated heterocycles. The summed E-state index contributed by atoms with van der Waals surface area (Å²) in [4.78, 5) is 26.7. The molecule has 0 radical (unpaired) electrons. The van der Waals surface area contributed by atoms with Gasteiger partial charge in [0.2, 0.25) is 5.91 Å². The van der Waals surface area contributed by atoms with E-state index in [2.05, 4.69) is 31.1 Å². The molecule has 0 unspecified atom stereocenters. The van der Waals surface area contributed by atoms with E-state index in [-0.39, 0.29) is 11.8 Å².